The smallest absolute Gasteiger partial charge is 0.362 e. The molecule has 1 aromatic carbocycles. The Labute approximate surface area is 101 Å². The number of carbonyl (C=O) groups is 1. The molecular weight excluding hydrogens is 277 g/mol. The minimum atomic E-state index is -2.31. The summed E-state index contributed by atoms with van der Waals surface area (Å²) >= 11 is 3.27. The summed E-state index contributed by atoms with van der Waals surface area (Å²) in [4.78, 5) is 12.2. The number of rotatable bonds is 2. The lowest BCUT2D eigenvalue weighted by Gasteiger charge is -2.28. The monoisotopic (exact) mass is 287 g/mol. The Bertz CT molecular complexity index is 400. The number of benzene rings is 1. The quantitative estimate of drug-likeness (QED) is 0.671. The number of halogens is 2. The van der Waals surface area contributed by atoms with Crippen LogP contribution in [0.25, 0.3) is 0 Å². The Morgan fingerprint density at radius 2 is 2.12 bits per heavy atom. The number of carboxylic acids is 1. The van der Waals surface area contributed by atoms with Crippen LogP contribution in [-0.4, -0.2) is 28.2 Å². The van der Waals surface area contributed by atoms with Gasteiger partial charge in [0.15, 0.2) is 0 Å². The van der Waals surface area contributed by atoms with E-state index in [1.807, 2.05) is 6.07 Å². The second kappa shape index (κ2) is 4.05. The summed E-state index contributed by atoms with van der Waals surface area (Å²) in [6.07, 6.45) is -0.0444. The van der Waals surface area contributed by atoms with Crippen LogP contribution >= 0.6 is 15.9 Å². The second-order valence-corrected chi connectivity index (χ2v) is 5.11. The molecule has 86 valence electrons. The van der Waals surface area contributed by atoms with Crippen molar-refractivity contribution < 1.29 is 14.3 Å². The van der Waals surface area contributed by atoms with Crippen LogP contribution in [-0.2, 0) is 4.79 Å². The van der Waals surface area contributed by atoms with E-state index in [-0.39, 0.29) is 11.2 Å². The second-order valence-electron chi connectivity index (χ2n) is 3.81. The Kier molecular flexibility index (Phi) is 2.88. The third-order valence-corrected chi connectivity index (χ3v) is 3.31. The minimum Gasteiger partial charge on any atom is -0.477 e. The van der Waals surface area contributed by atoms with Crippen molar-refractivity contribution in [1.82, 2.24) is 0 Å². The molecule has 1 heterocycles. The Morgan fingerprint density at radius 1 is 1.50 bits per heavy atom. The van der Waals surface area contributed by atoms with Crippen LogP contribution in [0.5, 0.6) is 0 Å². The summed E-state index contributed by atoms with van der Waals surface area (Å²) in [6, 6.07) is 8.76. The predicted octanol–water partition coefficient (Wildman–Crippen LogP) is 2.41. The van der Waals surface area contributed by atoms with Crippen molar-refractivity contribution >= 4 is 27.6 Å². The first-order valence-electron chi connectivity index (χ1n) is 4.93. The molecule has 1 aliphatic rings. The first kappa shape index (κ1) is 11.4. The van der Waals surface area contributed by atoms with Gasteiger partial charge in [0, 0.05) is 23.5 Å². The lowest BCUT2D eigenvalue weighted by atomic mass is 10.1. The number of nitrogens with zero attached hydrogens (tertiary/aromatic N) is 1. The van der Waals surface area contributed by atoms with E-state index in [1.54, 1.807) is 24.3 Å². The maximum atomic E-state index is 14.3. The van der Waals surface area contributed by atoms with Gasteiger partial charge in [-0.25, -0.2) is 9.18 Å². The van der Waals surface area contributed by atoms with Crippen LogP contribution in [0, 0.1) is 0 Å². The van der Waals surface area contributed by atoms with Crippen molar-refractivity contribution in [3.63, 3.8) is 0 Å². The summed E-state index contributed by atoms with van der Waals surface area (Å²) in [5.41, 5.74) is 0.592. The molecule has 0 saturated carbocycles. The third kappa shape index (κ3) is 1.80. The van der Waals surface area contributed by atoms with Crippen molar-refractivity contribution in [2.45, 2.75) is 17.0 Å². The van der Waals surface area contributed by atoms with Crippen molar-refractivity contribution in [3.05, 3.63) is 30.3 Å². The number of hydrogen-bond acceptors (Lipinski definition) is 2. The van der Waals surface area contributed by atoms with Gasteiger partial charge in [0.1, 0.15) is 0 Å². The van der Waals surface area contributed by atoms with Crippen molar-refractivity contribution in [1.29, 1.82) is 0 Å². The minimum absolute atomic E-state index is 0.0444. The van der Waals surface area contributed by atoms with Gasteiger partial charge in [0.2, 0.25) is 0 Å². The number of aliphatic carboxylic acids is 1. The molecule has 1 N–H and O–H groups in total. The lowest BCUT2D eigenvalue weighted by Crippen LogP contribution is -2.46. The number of para-hydroxylation sites is 1. The van der Waals surface area contributed by atoms with E-state index in [9.17, 15) is 9.18 Å². The largest absolute Gasteiger partial charge is 0.477 e. The normalized spacial score (nSPS) is 29.4. The number of carboxylic acid groups (broad SMARTS) is 1. The molecule has 16 heavy (non-hydrogen) atoms. The molecule has 5 heteroatoms. The molecule has 3 nitrogen and oxygen atoms in total. The molecule has 0 bridgehead atoms. The maximum absolute atomic E-state index is 14.3. The molecule has 2 rings (SSSR count). The zero-order valence-corrected chi connectivity index (χ0v) is 10.0. The van der Waals surface area contributed by atoms with Gasteiger partial charge in [0.25, 0.3) is 5.79 Å². The summed E-state index contributed by atoms with van der Waals surface area (Å²) < 4.78 is 14.3. The van der Waals surface area contributed by atoms with Crippen molar-refractivity contribution in [2.24, 2.45) is 0 Å². The van der Waals surface area contributed by atoms with Gasteiger partial charge in [0.05, 0.1) is 0 Å². The maximum Gasteiger partial charge on any atom is 0.362 e. The molecule has 0 aromatic heterocycles. The molecule has 0 radical (unpaired) electrons. The van der Waals surface area contributed by atoms with Gasteiger partial charge in [-0.2, -0.15) is 0 Å². The first-order valence-corrected chi connectivity index (χ1v) is 5.84. The first-order chi connectivity index (χ1) is 7.54. The molecule has 1 unspecified atom stereocenters. The molecule has 0 aliphatic carbocycles. The Hall–Kier alpha value is -1.10. The highest BCUT2D eigenvalue weighted by Crippen LogP contribution is 2.38. The Morgan fingerprint density at radius 3 is 2.69 bits per heavy atom. The van der Waals surface area contributed by atoms with Crippen LogP contribution in [0.15, 0.2) is 30.3 Å². The van der Waals surface area contributed by atoms with E-state index in [4.69, 9.17) is 5.11 Å². The molecule has 0 spiro atoms. The van der Waals surface area contributed by atoms with Crippen LogP contribution in [0.1, 0.15) is 6.42 Å². The highest BCUT2D eigenvalue weighted by Gasteiger charge is 2.52. The van der Waals surface area contributed by atoms with E-state index in [2.05, 4.69) is 15.9 Å². The molecule has 2 atom stereocenters. The Balaban J connectivity index is 2.37. The molecule has 0 amide bonds. The van der Waals surface area contributed by atoms with Crippen molar-refractivity contribution in [2.75, 3.05) is 11.4 Å². The SMILES string of the molecule is O=C(O)[C@]1(F)CC(Br)CN1c1ccccc1. The van der Waals surface area contributed by atoms with Gasteiger partial charge >= 0.3 is 5.97 Å². The zero-order chi connectivity index (χ0) is 11.8. The predicted molar refractivity (Wildman–Crippen MR) is 62.6 cm³/mol. The average molecular weight is 288 g/mol. The van der Waals surface area contributed by atoms with Gasteiger partial charge in [-0.15, -0.1) is 0 Å². The fourth-order valence-corrected chi connectivity index (χ4v) is 2.65. The van der Waals surface area contributed by atoms with Crippen LogP contribution in [0.2, 0.25) is 0 Å². The molecule has 1 aromatic rings. The summed E-state index contributed by atoms with van der Waals surface area (Å²) in [7, 11) is 0. The lowest BCUT2D eigenvalue weighted by molar-refractivity contribution is -0.150. The van der Waals surface area contributed by atoms with E-state index < -0.39 is 11.8 Å². The number of anilines is 1. The standard InChI is InChI=1S/C11H11BrFNO2/c12-8-6-11(13,10(15)16)14(7-8)9-4-2-1-3-5-9/h1-5,8H,6-7H2,(H,15,16)/t8?,11-/m0/s1. The highest BCUT2D eigenvalue weighted by molar-refractivity contribution is 9.09. The number of hydrogen-bond donors (Lipinski definition) is 1. The molecular formula is C11H11BrFNO2. The van der Waals surface area contributed by atoms with E-state index in [0.29, 0.717) is 12.2 Å². The topological polar surface area (TPSA) is 40.5 Å². The van der Waals surface area contributed by atoms with E-state index in [0.717, 1.165) is 0 Å². The van der Waals surface area contributed by atoms with E-state index in [1.165, 1.54) is 4.90 Å². The third-order valence-electron chi connectivity index (χ3n) is 2.70. The number of alkyl halides is 2. The van der Waals surface area contributed by atoms with Crippen molar-refractivity contribution in [3.8, 4) is 0 Å². The molecule has 1 saturated heterocycles. The van der Waals surface area contributed by atoms with E-state index >= 15 is 0 Å². The fourth-order valence-electron chi connectivity index (χ4n) is 1.93. The van der Waals surface area contributed by atoms with Gasteiger partial charge < -0.3 is 10.0 Å². The molecule has 1 aliphatic heterocycles. The fraction of sp³-hybridized carbons (Fsp3) is 0.364. The van der Waals surface area contributed by atoms with Crippen LogP contribution in [0.3, 0.4) is 0 Å². The van der Waals surface area contributed by atoms with Gasteiger partial charge in [-0.05, 0) is 12.1 Å². The summed E-state index contributed by atoms with van der Waals surface area (Å²) in [6.45, 7) is 0.354. The highest BCUT2D eigenvalue weighted by atomic mass is 79.9. The van der Waals surface area contributed by atoms with Crippen LogP contribution < -0.4 is 4.90 Å². The van der Waals surface area contributed by atoms with Gasteiger partial charge in [-0.1, -0.05) is 34.1 Å². The molecule has 1 fully saturated rings. The van der Waals surface area contributed by atoms with Crippen LogP contribution in [0.4, 0.5) is 10.1 Å². The summed E-state index contributed by atoms with van der Waals surface area (Å²) in [5, 5.41) is 8.98. The summed E-state index contributed by atoms with van der Waals surface area (Å²) in [5.74, 6) is -3.74. The zero-order valence-electron chi connectivity index (χ0n) is 8.44. The van der Waals surface area contributed by atoms with Gasteiger partial charge in [-0.3, -0.25) is 0 Å². The average Bonchev–Trinajstić information content (AvgIpc) is 2.57.